The van der Waals surface area contributed by atoms with Gasteiger partial charge in [-0.25, -0.2) is 15.0 Å². The van der Waals surface area contributed by atoms with Gasteiger partial charge in [-0.15, -0.1) is 0 Å². The molecule has 42 heavy (non-hydrogen) atoms. The standard InChI is InChI=1S/C30H20Cl3N3O6/c1-17-2-12-23(14-25(17)33)35-27(37)28(38)36-34-16-20-7-13-24(41-29(39)18-3-8-21(31)9-4-18)15-26(20)42-30(40)19-5-10-22(32)11-6-19/h2-16H,1H3,(H,35,37)(H,36,38)/b34-16+. The minimum absolute atomic E-state index is 0.0481. The van der Waals surface area contributed by atoms with Crippen LogP contribution in [0.2, 0.25) is 15.1 Å². The summed E-state index contributed by atoms with van der Waals surface area (Å²) >= 11 is 17.8. The minimum Gasteiger partial charge on any atom is -0.423 e. The molecular weight excluding hydrogens is 605 g/mol. The number of esters is 2. The Kier molecular flexibility index (Phi) is 9.93. The van der Waals surface area contributed by atoms with Crippen molar-refractivity contribution in [2.45, 2.75) is 6.92 Å². The number of ether oxygens (including phenoxy) is 2. The number of carbonyl (C=O) groups is 4. The lowest BCUT2D eigenvalue weighted by Gasteiger charge is -2.11. The molecular formula is C30H20Cl3N3O6. The predicted octanol–water partition coefficient (Wildman–Crippen LogP) is 6.48. The van der Waals surface area contributed by atoms with Gasteiger partial charge in [0.2, 0.25) is 0 Å². The van der Waals surface area contributed by atoms with Crippen molar-refractivity contribution in [2.24, 2.45) is 5.10 Å². The van der Waals surface area contributed by atoms with Crippen LogP contribution in [0.5, 0.6) is 11.5 Å². The first kappa shape index (κ1) is 30.3. The second kappa shape index (κ2) is 13.8. The molecule has 12 heteroatoms. The number of nitrogens with one attached hydrogen (secondary N) is 2. The molecule has 212 valence electrons. The fourth-order valence-corrected chi connectivity index (χ4v) is 3.77. The summed E-state index contributed by atoms with van der Waals surface area (Å²) < 4.78 is 11.0. The number of benzene rings is 4. The molecule has 0 spiro atoms. The van der Waals surface area contributed by atoms with Gasteiger partial charge in [0, 0.05) is 32.4 Å². The van der Waals surface area contributed by atoms with Crippen molar-refractivity contribution in [3.8, 4) is 11.5 Å². The quantitative estimate of drug-likeness (QED) is 0.0798. The van der Waals surface area contributed by atoms with Crippen molar-refractivity contribution in [1.29, 1.82) is 0 Å². The van der Waals surface area contributed by atoms with E-state index in [-0.39, 0.29) is 28.2 Å². The SMILES string of the molecule is Cc1ccc(NC(=O)C(=O)N/N=C/c2ccc(OC(=O)c3ccc(Cl)cc3)cc2OC(=O)c2ccc(Cl)cc2)cc1Cl. The third kappa shape index (κ3) is 8.17. The van der Waals surface area contributed by atoms with Crippen molar-refractivity contribution in [1.82, 2.24) is 5.43 Å². The van der Waals surface area contributed by atoms with Gasteiger partial charge in [-0.1, -0.05) is 40.9 Å². The number of anilines is 1. The van der Waals surface area contributed by atoms with Crippen molar-refractivity contribution >= 4 is 70.5 Å². The van der Waals surface area contributed by atoms with Crippen LogP contribution in [0.4, 0.5) is 5.69 Å². The summed E-state index contributed by atoms with van der Waals surface area (Å²) in [6.45, 7) is 1.80. The summed E-state index contributed by atoms with van der Waals surface area (Å²) in [7, 11) is 0. The van der Waals surface area contributed by atoms with Crippen molar-refractivity contribution in [3.63, 3.8) is 0 Å². The van der Waals surface area contributed by atoms with Crippen LogP contribution < -0.4 is 20.2 Å². The molecule has 0 aliphatic rings. The molecule has 0 aliphatic heterocycles. The molecule has 0 heterocycles. The van der Waals surface area contributed by atoms with Crippen LogP contribution in [0.3, 0.4) is 0 Å². The lowest BCUT2D eigenvalue weighted by Crippen LogP contribution is -2.32. The van der Waals surface area contributed by atoms with Crippen LogP contribution in [0, 0.1) is 6.92 Å². The van der Waals surface area contributed by atoms with Gasteiger partial charge < -0.3 is 14.8 Å². The molecule has 0 saturated carbocycles. The Morgan fingerprint density at radius 2 is 1.31 bits per heavy atom. The van der Waals surface area contributed by atoms with Gasteiger partial charge in [0.1, 0.15) is 11.5 Å². The monoisotopic (exact) mass is 623 g/mol. The number of hydrogen-bond donors (Lipinski definition) is 2. The van der Waals surface area contributed by atoms with E-state index in [1.54, 1.807) is 31.2 Å². The molecule has 0 unspecified atom stereocenters. The van der Waals surface area contributed by atoms with E-state index in [4.69, 9.17) is 44.3 Å². The first-order chi connectivity index (χ1) is 20.1. The van der Waals surface area contributed by atoms with Crippen LogP contribution in [0.25, 0.3) is 0 Å². The van der Waals surface area contributed by atoms with Gasteiger partial charge in [-0.3, -0.25) is 9.59 Å². The van der Waals surface area contributed by atoms with Crippen molar-refractivity contribution in [3.05, 3.63) is 122 Å². The number of hydrazone groups is 1. The topological polar surface area (TPSA) is 123 Å². The summed E-state index contributed by atoms with van der Waals surface area (Å²) in [5.74, 6) is -3.43. The molecule has 4 rings (SSSR count). The van der Waals surface area contributed by atoms with E-state index < -0.39 is 23.8 Å². The van der Waals surface area contributed by atoms with Gasteiger partial charge >= 0.3 is 23.8 Å². The van der Waals surface area contributed by atoms with Crippen molar-refractivity contribution in [2.75, 3.05) is 5.32 Å². The summed E-state index contributed by atoms with van der Waals surface area (Å²) in [6.07, 6.45) is 1.16. The summed E-state index contributed by atoms with van der Waals surface area (Å²) in [4.78, 5) is 49.9. The highest BCUT2D eigenvalue weighted by atomic mass is 35.5. The lowest BCUT2D eigenvalue weighted by molar-refractivity contribution is -0.136. The molecule has 0 bridgehead atoms. The van der Waals surface area contributed by atoms with E-state index in [1.165, 1.54) is 60.7 Å². The van der Waals surface area contributed by atoms with E-state index in [0.717, 1.165) is 11.8 Å². The molecule has 0 fully saturated rings. The van der Waals surface area contributed by atoms with Crippen LogP contribution in [-0.2, 0) is 9.59 Å². The number of nitrogens with zero attached hydrogens (tertiary/aromatic N) is 1. The van der Waals surface area contributed by atoms with Crippen LogP contribution in [0.1, 0.15) is 31.8 Å². The Balaban J connectivity index is 1.51. The Bertz CT molecular complexity index is 1690. The van der Waals surface area contributed by atoms with E-state index in [9.17, 15) is 19.2 Å². The third-order valence-electron chi connectivity index (χ3n) is 5.56. The average Bonchev–Trinajstić information content (AvgIpc) is 2.96. The Hall–Kier alpha value is -4.70. The maximum Gasteiger partial charge on any atom is 0.343 e. The number of amides is 2. The molecule has 4 aromatic carbocycles. The second-order valence-corrected chi connectivity index (χ2v) is 9.89. The summed E-state index contributed by atoms with van der Waals surface area (Å²) in [5.41, 5.74) is 3.91. The third-order valence-corrected chi connectivity index (χ3v) is 6.47. The molecule has 0 aliphatic carbocycles. The maximum atomic E-state index is 12.8. The maximum absolute atomic E-state index is 12.8. The van der Waals surface area contributed by atoms with Crippen molar-refractivity contribution < 1.29 is 28.7 Å². The number of rotatable bonds is 7. The predicted molar refractivity (Wildman–Crippen MR) is 160 cm³/mol. The Morgan fingerprint density at radius 3 is 1.90 bits per heavy atom. The van der Waals surface area contributed by atoms with Gasteiger partial charge in [0.15, 0.2) is 0 Å². The molecule has 9 nitrogen and oxygen atoms in total. The highest BCUT2D eigenvalue weighted by molar-refractivity contribution is 6.40. The lowest BCUT2D eigenvalue weighted by atomic mass is 10.2. The fourth-order valence-electron chi connectivity index (χ4n) is 3.34. The Labute approximate surface area is 255 Å². The highest BCUT2D eigenvalue weighted by Gasteiger charge is 2.16. The highest BCUT2D eigenvalue weighted by Crippen LogP contribution is 2.26. The fraction of sp³-hybridized carbons (Fsp3) is 0.0333. The summed E-state index contributed by atoms with van der Waals surface area (Å²) in [5, 5.41) is 7.52. The van der Waals surface area contributed by atoms with Gasteiger partial charge in [-0.05, 0) is 85.3 Å². The number of hydrogen-bond acceptors (Lipinski definition) is 7. The normalized spacial score (nSPS) is 10.7. The molecule has 0 atom stereocenters. The Morgan fingerprint density at radius 1 is 0.714 bits per heavy atom. The molecule has 2 N–H and O–H groups in total. The number of halogens is 3. The van der Waals surface area contributed by atoms with E-state index in [1.807, 2.05) is 0 Å². The summed E-state index contributed by atoms with van der Waals surface area (Å²) in [6, 6.07) is 21.1. The van der Waals surface area contributed by atoms with E-state index in [0.29, 0.717) is 20.8 Å². The van der Waals surface area contributed by atoms with Gasteiger partial charge in [-0.2, -0.15) is 5.10 Å². The number of carbonyl (C=O) groups excluding carboxylic acids is 4. The first-order valence-corrected chi connectivity index (χ1v) is 13.2. The number of aryl methyl sites for hydroxylation is 1. The molecule has 0 saturated heterocycles. The smallest absolute Gasteiger partial charge is 0.343 e. The molecule has 4 aromatic rings. The zero-order chi connectivity index (χ0) is 30.2. The zero-order valence-corrected chi connectivity index (χ0v) is 24.0. The first-order valence-electron chi connectivity index (χ1n) is 12.1. The van der Waals surface area contributed by atoms with Crippen LogP contribution in [-0.4, -0.2) is 30.0 Å². The largest absolute Gasteiger partial charge is 0.423 e. The van der Waals surface area contributed by atoms with E-state index >= 15 is 0 Å². The molecule has 0 radical (unpaired) electrons. The van der Waals surface area contributed by atoms with Gasteiger partial charge in [0.25, 0.3) is 0 Å². The molecule has 0 aromatic heterocycles. The average molecular weight is 625 g/mol. The van der Waals surface area contributed by atoms with Crippen LogP contribution >= 0.6 is 34.8 Å². The zero-order valence-electron chi connectivity index (χ0n) is 21.7. The van der Waals surface area contributed by atoms with E-state index in [2.05, 4.69) is 15.8 Å². The van der Waals surface area contributed by atoms with Gasteiger partial charge in [0.05, 0.1) is 17.3 Å². The second-order valence-electron chi connectivity index (χ2n) is 8.61. The minimum atomic E-state index is -1.06. The molecule has 2 amide bonds. The van der Waals surface area contributed by atoms with Crippen LogP contribution in [0.15, 0.2) is 90.0 Å².